The highest BCUT2D eigenvalue weighted by molar-refractivity contribution is 7.89. The SMILES string of the molecule is C#CCN(C(=O)OCc1ccc([N+](=O)[O-])cc1)C1CCN(CC[C@@H](CN(C)S(=O)(=O)c2ccccc2)c2ccsc2)CC1.Cl. The van der Waals surface area contributed by atoms with Crippen LogP contribution in [0.4, 0.5) is 10.5 Å². The van der Waals surface area contributed by atoms with Gasteiger partial charge >= 0.3 is 6.09 Å². The Bertz CT molecular complexity index is 1490. The van der Waals surface area contributed by atoms with E-state index in [0.29, 0.717) is 12.1 Å². The molecule has 0 saturated carbocycles. The second kappa shape index (κ2) is 16.6. The Morgan fingerprint density at radius 2 is 1.84 bits per heavy atom. The molecule has 13 heteroatoms. The van der Waals surface area contributed by atoms with Crippen LogP contribution in [0.5, 0.6) is 0 Å². The summed E-state index contributed by atoms with van der Waals surface area (Å²) in [6.45, 7) is 2.85. The number of non-ortho nitro benzene ring substituents is 1. The molecule has 0 bridgehead atoms. The summed E-state index contributed by atoms with van der Waals surface area (Å²) in [4.78, 5) is 27.5. The number of amides is 1. The zero-order chi connectivity index (χ0) is 30.8. The van der Waals surface area contributed by atoms with Gasteiger partial charge in [-0.15, -0.1) is 18.8 Å². The van der Waals surface area contributed by atoms with Crippen molar-refractivity contribution in [3.63, 3.8) is 0 Å². The third-order valence-electron chi connectivity index (χ3n) is 7.74. The Hall–Kier alpha value is -3.47. The van der Waals surface area contributed by atoms with E-state index >= 15 is 0 Å². The summed E-state index contributed by atoms with van der Waals surface area (Å²) in [6, 6.07) is 16.4. The van der Waals surface area contributed by atoms with Crippen molar-refractivity contribution < 1.29 is 22.9 Å². The molecule has 44 heavy (non-hydrogen) atoms. The predicted molar refractivity (Wildman–Crippen MR) is 173 cm³/mol. The van der Waals surface area contributed by atoms with E-state index in [1.807, 2.05) is 5.38 Å². The van der Waals surface area contributed by atoms with Gasteiger partial charge in [-0.3, -0.25) is 15.0 Å². The van der Waals surface area contributed by atoms with Crippen LogP contribution in [0.1, 0.15) is 36.3 Å². The van der Waals surface area contributed by atoms with Gasteiger partial charge in [-0.25, -0.2) is 17.5 Å². The van der Waals surface area contributed by atoms with Gasteiger partial charge in [0.15, 0.2) is 0 Å². The molecular weight excluding hydrogens is 624 g/mol. The minimum atomic E-state index is -3.60. The fourth-order valence-electron chi connectivity index (χ4n) is 5.23. The number of nitro groups is 1. The lowest BCUT2D eigenvalue weighted by Crippen LogP contribution is -2.48. The number of rotatable bonds is 13. The van der Waals surface area contributed by atoms with Crippen LogP contribution in [0.25, 0.3) is 0 Å². The second-order valence-electron chi connectivity index (χ2n) is 10.5. The normalized spacial score (nSPS) is 14.8. The van der Waals surface area contributed by atoms with E-state index in [0.717, 1.165) is 44.5 Å². The largest absolute Gasteiger partial charge is 0.445 e. The monoisotopic (exact) mass is 660 g/mol. The number of ether oxygens (including phenoxy) is 1. The average Bonchev–Trinajstić information content (AvgIpc) is 3.56. The number of likely N-dealkylation sites (N-methyl/N-ethyl adjacent to an activating group) is 1. The maximum Gasteiger partial charge on any atom is 0.411 e. The molecule has 4 rings (SSSR count). The molecular formula is C31H37ClN4O6S2. The predicted octanol–water partition coefficient (Wildman–Crippen LogP) is 5.61. The van der Waals surface area contributed by atoms with Crippen LogP contribution < -0.4 is 0 Å². The number of halogens is 1. The Kier molecular flexibility index (Phi) is 13.2. The third kappa shape index (κ3) is 9.27. The van der Waals surface area contributed by atoms with Crippen molar-refractivity contribution in [1.29, 1.82) is 0 Å². The van der Waals surface area contributed by atoms with Crippen molar-refractivity contribution in [2.24, 2.45) is 0 Å². The lowest BCUT2D eigenvalue weighted by atomic mass is 9.97. The highest BCUT2D eigenvalue weighted by Gasteiger charge is 2.30. The lowest BCUT2D eigenvalue weighted by molar-refractivity contribution is -0.384. The number of benzene rings is 2. The van der Waals surface area contributed by atoms with Crippen molar-refractivity contribution >= 4 is 45.5 Å². The molecule has 1 aromatic heterocycles. The van der Waals surface area contributed by atoms with Gasteiger partial charge < -0.3 is 9.64 Å². The van der Waals surface area contributed by atoms with Gasteiger partial charge in [0, 0.05) is 44.9 Å². The van der Waals surface area contributed by atoms with Gasteiger partial charge in [-0.1, -0.05) is 24.1 Å². The molecule has 1 aliphatic heterocycles. The lowest BCUT2D eigenvalue weighted by Gasteiger charge is -2.37. The number of hydrogen-bond acceptors (Lipinski definition) is 8. The number of thiophene rings is 1. The zero-order valence-corrected chi connectivity index (χ0v) is 26.9. The summed E-state index contributed by atoms with van der Waals surface area (Å²) in [5, 5.41) is 15.0. The minimum absolute atomic E-state index is 0. The average molecular weight is 661 g/mol. The summed E-state index contributed by atoms with van der Waals surface area (Å²) in [7, 11) is -1.96. The number of hydrogen-bond donors (Lipinski definition) is 0. The third-order valence-corrected chi connectivity index (χ3v) is 10.3. The van der Waals surface area contributed by atoms with E-state index in [1.165, 1.54) is 16.4 Å². The summed E-state index contributed by atoms with van der Waals surface area (Å²) in [6.07, 6.45) is 7.33. The van der Waals surface area contributed by atoms with Crippen LogP contribution in [0.15, 0.2) is 76.3 Å². The topological polar surface area (TPSA) is 113 Å². The highest BCUT2D eigenvalue weighted by atomic mass is 35.5. The molecule has 1 saturated heterocycles. The molecule has 0 radical (unpaired) electrons. The van der Waals surface area contributed by atoms with Crippen molar-refractivity contribution in [1.82, 2.24) is 14.1 Å². The van der Waals surface area contributed by atoms with Gasteiger partial charge in [-0.2, -0.15) is 11.3 Å². The number of sulfonamides is 1. The Labute approximate surface area is 269 Å². The van der Waals surface area contributed by atoms with E-state index in [4.69, 9.17) is 11.2 Å². The van der Waals surface area contributed by atoms with Crippen LogP contribution in [-0.4, -0.2) is 79.4 Å². The van der Waals surface area contributed by atoms with Crippen LogP contribution in [-0.2, 0) is 21.4 Å². The van der Waals surface area contributed by atoms with Crippen molar-refractivity contribution in [3.05, 3.63) is 92.7 Å². The van der Waals surface area contributed by atoms with Crippen LogP contribution in [0.2, 0.25) is 0 Å². The van der Waals surface area contributed by atoms with E-state index < -0.39 is 21.0 Å². The first-order valence-electron chi connectivity index (χ1n) is 14.0. The molecule has 1 fully saturated rings. The summed E-state index contributed by atoms with van der Waals surface area (Å²) >= 11 is 1.60. The fourth-order valence-corrected chi connectivity index (χ4v) is 7.21. The first-order chi connectivity index (χ1) is 20.7. The van der Waals surface area contributed by atoms with Gasteiger partial charge in [0.25, 0.3) is 5.69 Å². The minimum Gasteiger partial charge on any atom is -0.445 e. The van der Waals surface area contributed by atoms with Gasteiger partial charge in [0.1, 0.15) is 6.61 Å². The van der Waals surface area contributed by atoms with Gasteiger partial charge in [0.2, 0.25) is 10.0 Å². The van der Waals surface area contributed by atoms with E-state index in [9.17, 15) is 23.3 Å². The van der Waals surface area contributed by atoms with Crippen molar-refractivity contribution in [3.8, 4) is 12.3 Å². The standard InChI is InChI=1S/C31H36N4O6S2.ClH/c1-3-17-34(31(36)41-23-25-9-11-29(12-10-25)35(37)38)28-14-19-33(20-15-28)18-13-26(27-16-21-42-24-27)22-32(2)43(39,40)30-7-5-4-6-8-30;/h1,4-12,16,21,24,26,28H,13-15,17-20,22-23H2,2H3;1H/t26-;/m0./s1. The molecule has 0 unspecified atom stereocenters. The van der Waals surface area contributed by atoms with Gasteiger partial charge in [0.05, 0.1) is 16.4 Å². The number of piperidine rings is 1. The van der Waals surface area contributed by atoms with Crippen LogP contribution in [0, 0.1) is 22.5 Å². The molecule has 2 heterocycles. The molecule has 0 spiro atoms. The van der Waals surface area contributed by atoms with Crippen molar-refractivity contribution in [2.75, 3.05) is 39.8 Å². The van der Waals surface area contributed by atoms with Gasteiger partial charge in [-0.05, 0) is 83.9 Å². The fraction of sp³-hybridized carbons (Fsp3) is 0.387. The molecule has 1 atom stereocenters. The molecule has 1 aliphatic rings. The Morgan fingerprint density at radius 3 is 2.43 bits per heavy atom. The maximum atomic E-state index is 13.2. The van der Waals surface area contributed by atoms with E-state index in [-0.39, 0.29) is 48.1 Å². The second-order valence-corrected chi connectivity index (χ2v) is 13.3. The number of likely N-dealkylation sites (tertiary alicyclic amines) is 1. The van der Waals surface area contributed by atoms with Crippen LogP contribution >= 0.6 is 23.7 Å². The molecule has 1 amide bonds. The highest BCUT2D eigenvalue weighted by Crippen LogP contribution is 2.27. The Morgan fingerprint density at radius 1 is 1.16 bits per heavy atom. The smallest absolute Gasteiger partial charge is 0.411 e. The van der Waals surface area contributed by atoms with Crippen LogP contribution in [0.3, 0.4) is 0 Å². The first kappa shape index (κ1) is 35.0. The summed E-state index contributed by atoms with van der Waals surface area (Å²) in [5.74, 6) is 2.60. The number of carbonyl (C=O) groups excluding carboxylic acids is 1. The summed E-state index contributed by atoms with van der Waals surface area (Å²) < 4.78 is 33.2. The number of carbonyl (C=O) groups is 1. The summed E-state index contributed by atoms with van der Waals surface area (Å²) in [5.41, 5.74) is 1.75. The molecule has 0 aliphatic carbocycles. The number of nitrogens with zero attached hydrogens (tertiary/aromatic N) is 4. The van der Waals surface area contributed by atoms with E-state index in [2.05, 4.69) is 22.3 Å². The first-order valence-corrected chi connectivity index (χ1v) is 16.4. The quantitative estimate of drug-likeness (QED) is 0.133. The van der Waals surface area contributed by atoms with Crippen molar-refractivity contribution in [2.45, 2.75) is 42.7 Å². The molecule has 0 N–H and O–H groups in total. The zero-order valence-electron chi connectivity index (χ0n) is 24.5. The molecule has 10 nitrogen and oxygen atoms in total. The molecule has 2 aromatic carbocycles. The maximum absolute atomic E-state index is 13.2. The molecule has 3 aromatic rings. The molecule has 236 valence electrons. The van der Waals surface area contributed by atoms with E-state index in [1.54, 1.807) is 65.7 Å². The number of terminal acetylenes is 1. The Balaban J connectivity index is 0.00000529. The number of nitro benzene ring substituents is 1.